The maximum atomic E-state index is 2.31. The minimum atomic E-state index is 0.736. The lowest BCUT2D eigenvalue weighted by Crippen LogP contribution is -1.88. The third-order valence-electron chi connectivity index (χ3n) is 2.16. The van der Waals surface area contributed by atoms with E-state index in [-0.39, 0.29) is 0 Å². The first-order chi connectivity index (χ1) is 5.70. The van der Waals surface area contributed by atoms with E-state index in [4.69, 9.17) is 0 Å². The van der Waals surface area contributed by atoms with Gasteiger partial charge in [0, 0.05) is 0 Å². The Morgan fingerprint density at radius 3 is 2.58 bits per heavy atom. The van der Waals surface area contributed by atoms with Gasteiger partial charge in [0.15, 0.2) is 0 Å². The van der Waals surface area contributed by atoms with Crippen LogP contribution in [0.5, 0.6) is 0 Å². The van der Waals surface area contributed by atoms with Crippen LogP contribution in [-0.2, 0) is 0 Å². The van der Waals surface area contributed by atoms with Gasteiger partial charge >= 0.3 is 0 Å². The van der Waals surface area contributed by atoms with Gasteiger partial charge < -0.3 is 0 Å². The zero-order valence-corrected chi connectivity index (χ0v) is 8.93. The highest BCUT2D eigenvalue weighted by molar-refractivity contribution is 5.15. The number of unbranched alkanes of at least 4 members (excludes halogenated alkanes) is 1. The van der Waals surface area contributed by atoms with Gasteiger partial charge in [-0.1, -0.05) is 50.5 Å². The number of hydrogen-bond acceptors (Lipinski definition) is 0. The second kappa shape index (κ2) is 7.15. The van der Waals surface area contributed by atoms with Crippen molar-refractivity contribution in [3.05, 3.63) is 23.8 Å². The zero-order chi connectivity index (χ0) is 9.40. The molecule has 0 radical (unpaired) electrons. The largest absolute Gasteiger partial charge is 0.0847 e. The van der Waals surface area contributed by atoms with Crippen LogP contribution in [0.15, 0.2) is 23.8 Å². The first kappa shape index (κ1) is 11.5. The Morgan fingerprint density at radius 2 is 2.08 bits per heavy atom. The molecule has 0 heterocycles. The van der Waals surface area contributed by atoms with Crippen molar-refractivity contribution in [3.63, 3.8) is 0 Å². The molecule has 0 bridgehead atoms. The van der Waals surface area contributed by atoms with Gasteiger partial charge in [0.2, 0.25) is 0 Å². The summed E-state index contributed by atoms with van der Waals surface area (Å²) in [6.07, 6.45) is 10.7. The van der Waals surface area contributed by atoms with Gasteiger partial charge in [0.05, 0.1) is 0 Å². The van der Waals surface area contributed by atoms with Crippen LogP contribution in [0.4, 0.5) is 0 Å². The van der Waals surface area contributed by atoms with Gasteiger partial charge in [-0.3, -0.25) is 0 Å². The Kier molecular flexibility index (Phi) is 6.84. The molecule has 12 heavy (non-hydrogen) atoms. The molecule has 70 valence electrons. The molecule has 0 aromatic rings. The predicted octanol–water partition coefficient (Wildman–Crippen LogP) is 4.34. The molecule has 0 rings (SSSR count). The summed E-state index contributed by atoms with van der Waals surface area (Å²) in [6, 6.07) is 0. The summed E-state index contributed by atoms with van der Waals surface area (Å²) >= 11 is 0. The number of hydrogen-bond donors (Lipinski definition) is 0. The maximum absolute atomic E-state index is 2.31. The molecule has 0 nitrogen and oxygen atoms in total. The Hall–Kier alpha value is -0.520. The fourth-order valence-electron chi connectivity index (χ4n) is 1.03. The Morgan fingerprint density at radius 1 is 1.42 bits per heavy atom. The summed E-state index contributed by atoms with van der Waals surface area (Å²) in [6.45, 7) is 8.75. The van der Waals surface area contributed by atoms with Crippen molar-refractivity contribution < 1.29 is 0 Å². The van der Waals surface area contributed by atoms with Gasteiger partial charge in [0.1, 0.15) is 0 Å². The van der Waals surface area contributed by atoms with Crippen LogP contribution >= 0.6 is 0 Å². The summed E-state index contributed by atoms with van der Waals surface area (Å²) in [5.74, 6) is 0.736. The van der Waals surface area contributed by atoms with E-state index in [0.29, 0.717) is 0 Å². The molecular formula is C12H22. The molecule has 1 atom stereocenters. The Bertz CT molecular complexity index is 151. The van der Waals surface area contributed by atoms with E-state index in [1.165, 1.54) is 24.8 Å². The van der Waals surface area contributed by atoms with Crippen molar-refractivity contribution >= 4 is 0 Å². The highest BCUT2D eigenvalue weighted by Crippen LogP contribution is 2.10. The second-order valence-electron chi connectivity index (χ2n) is 3.51. The van der Waals surface area contributed by atoms with Crippen LogP contribution in [-0.4, -0.2) is 0 Å². The van der Waals surface area contributed by atoms with Crippen LogP contribution in [0.1, 0.15) is 47.0 Å². The van der Waals surface area contributed by atoms with Crippen molar-refractivity contribution in [1.29, 1.82) is 0 Å². The lowest BCUT2D eigenvalue weighted by atomic mass is 10.0. The molecule has 0 aromatic heterocycles. The fourth-order valence-corrected chi connectivity index (χ4v) is 1.03. The Balaban J connectivity index is 3.67. The molecule has 0 fully saturated rings. The van der Waals surface area contributed by atoms with Crippen LogP contribution < -0.4 is 0 Å². The van der Waals surface area contributed by atoms with Gasteiger partial charge in [-0.2, -0.15) is 0 Å². The number of rotatable bonds is 5. The minimum absolute atomic E-state index is 0.736. The van der Waals surface area contributed by atoms with E-state index in [0.717, 1.165) is 5.92 Å². The smallest absolute Gasteiger partial charge is 0.0259 e. The number of allylic oxidation sites excluding steroid dienone is 4. The van der Waals surface area contributed by atoms with Crippen LogP contribution in [0.25, 0.3) is 0 Å². The van der Waals surface area contributed by atoms with E-state index in [1.54, 1.807) is 0 Å². The molecule has 0 aromatic carbocycles. The topological polar surface area (TPSA) is 0 Å². The highest BCUT2D eigenvalue weighted by atomic mass is 14.0. The average molecular weight is 166 g/mol. The SMILES string of the molecule is C/C=C(C)\C=C/C(C)CCCC. The molecule has 0 aliphatic rings. The van der Waals surface area contributed by atoms with Crippen molar-refractivity contribution in [2.24, 2.45) is 5.92 Å². The highest BCUT2D eigenvalue weighted by Gasteiger charge is 1.94. The van der Waals surface area contributed by atoms with Crippen LogP contribution in [0.2, 0.25) is 0 Å². The molecule has 0 N–H and O–H groups in total. The van der Waals surface area contributed by atoms with Gasteiger partial charge in [0.25, 0.3) is 0 Å². The summed E-state index contributed by atoms with van der Waals surface area (Å²) in [5, 5.41) is 0. The quantitative estimate of drug-likeness (QED) is 0.533. The summed E-state index contributed by atoms with van der Waals surface area (Å²) in [7, 11) is 0. The molecule has 0 amide bonds. The van der Waals surface area contributed by atoms with Gasteiger partial charge in [-0.25, -0.2) is 0 Å². The third-order valence-corrected chi connectivity index (χ3v) is 2.16. The van der Waals surface area contributed by atoms with E-state index in [1.807, 2.05) is 0 Å². The normalized spacial score (nSPS) is 15.5. The molecule has 0 aliphatic carbocycles. The Labute approximate surface area is 77.4 Å². The van der Waals surface area contributed by atoms with Crippen LogP contribution in [0.3, 0.4) is 0 Å². The molecule has 0 spiro atoms. The molecule has 0 heteroatoms. The predicted molar refractivity (Wildman–Crippen MR) is 57.3 cm³/mol. The van der Waals surface area contributed by atoms with E-state index in [9.17, 15) is 0 Å². The van der Waals surface area contributed by atoms with Crippen molar-refractivity contribution in [2.45, 2.75) is 47.0 Å². The van der Waals surface area contributed by atoms with Crippen molar-refractivity contribution in [2.75, 3.05) is 0 Å². The summed E-state index contributed by atoms with van der Waals surface area (Å²) < 4.78 is 0. The lowest BCUT2D eigenvalue weighted by molar-refractivity contribution is 0.598. The standard InChI is InChI=1S/C12H22/c1-5-7-8-12(4)10-9-11(3)6-2/h6,9-10,12H,5,7-8H2,1-4H3/b10-9-,11-6-. The molecule has 1 unspecified atom stereocenters. The van der Waals surface area contributed by atoms with Gasteiger partial charge in [-0.05, 0) is 26.2 Å². The minimum Gasteiger partial charge on any atom is -0.0847 e. The fraction of sp³-hybridized carbons (Fsp3) is 0.667. The van der Waals surface area contributed by atoms with Crippen molar-refractivity contribution in [1.82, 2.24) is 0 Å². The average Bonchev–Trinajstić information content (AvgIpc) is 2.10. The summed E-state index contributed by atoms with van der Waals surface area (Å²) in [5.41, 5.74) is 1.36. The van der Waals surface area contributed by atoms with E-state index < -0.39 is 0 Å². The molecule has 0 aliphatic heterocycles. The molecule has 0 saturated heterocycles. The van der Waals surface area contributed by atoms with Crippen molar-refractivity contribution in [3.8, 4) is 0 Å². The second-order valence-corrected chi connectivity index (χ2v) is 3.51. The molecular weight excluding hydrogens is 144 g/mol. The monoisotopic (exact) mass is 166 g/mol. The summed E-state index contributed by atoms with van der Waals surface area (Å²) in [4.78, 5) is 0. The zero-order valence-electron chi connectivity index (χ0n) is 8.93. The lowest BCUT2D eigenvalue weighted by Gasteiger charge is -2.03. The van der Waals surface area contributed by atoms with E-state index in [2.05, 4.69) is 45.9 Å². The third kappa shape index (κ3) is 6.21. The maximum Gasteiger partial charge on any atom is -0.0259 e. The first-order valence-corrected chi connectivity index (χ1v) is 5.01. The molecule has 0 saturated carbocycles. The van der Waals surface area contributed by atoms with E-state index >= 15 is 0 Å². The van der Waals surface area contributed by atoms with Crippen LogP contribution in [0, 0.1) is 5.92 Å². The first-order valence-electron chi connectivity index (χ1n) is 5.01. The van der Waals surface area contributed by atoms with Gasteiger partial charge in [-0.15, -0.1) is 0 Å².